The highest BCUT2D eigenvalue weighted by atomic mass is 79.9. The van der Waals surface area contributed by atoms with Crippen LogP contribution in [0.2, 0.25) is 0 Å². The van der Waals surface area contributed by atoms with Crippen LogP contribution in [0.1, 0.15) is 38.2 Å². The van der Waals surface area contributed by atoms with Gasteiger partial charge in [-0.05, 0) is 52.7 Å². The summed E-state index contributed by atoms with van der Waals surface area (Å²) in [4.78, 5) is 0. The first kappa shape index (κ1) is 12.4. The molecule has 0 radical (unpaired) electrons. The molecule has 1 aromatic carbocycles. The van der Waals surface area contributed by atoms with E-state index in [4.69, 9.17) is 5.26 Å². The molecule has 0 unspecified atom stereocenters. The van der Waals surface area contributed by atoms with Crippen LogP contribution in [0.25, 0.3) is 0 Å². The Labute approximate surface area is 111 Å². The molecule has 0 heterocycles. The van der Waals surface area contributed by atoms with E-state index in [2.05, 4.69) is 34.2 Å². The van der Waals surface area contributed by atoms with E-state index in [9.17, 15) is 0 Å². The molecule has 1 N–H and O–H groups in total. The van der Waals surface area contributed by atoms with Crippen molar-refractivity contribution in [1.82, 2.24) is 0 Å². The number of anilines is 1. The third-order valence-corrected chi connectivity index (χ3v) is 4.18. The van der Waals surface area contributed by atoms with E-state index < -0.39 is 0 Å². The second-order valence-corrected chi connectivity index (χ2v) is 5.73. The summed E-state index contributed by atoms with van der Waals surface area (Å²) in [6, 6.07) is 8.09. The van der Waals surface area contributed by atoms with Gasteiger partial charge in [-0.1, -0.05) is 19.4 Å². The fourth-order valence-corrected chi connectivity index (χ4v) is 2.74. The van der Waals surface area contributed by atoms with Crippen molar-refractivity contribution < 1.29 is 0 Å². The summed E-state index contributed by atoms with van der Waals surface area (Å²) in [5.74, 6) is 0. The molecular weight excluding hydrogens is 276 g/mol. The Hall–Kier alpha value is -1.01. The van der Waals surface area contributed by atoms with Gasteiger partial charge in [0.2, 0.25) is 0 Å². The minimum absolute atomic E-state index is 0.504. The molecule has 0 saturated heterocycles. The molecule has 0 aromatic heterocycles. The van der Waals surface area contributed by atoms with Gasteiger partial charge < -0.3 is 5.32 Å². The Morgan fingerprint density at radius 3 is 2.82 bits per heavy atom. The van der Waals surface area contributed by atoms with Crippen LogP contribution in [0.5, 0.6) is 0 Å². The molecule has 1 aromatic rings. The predicted molar refractivity (Wildman–Crippen MR) is 73.9 cm³/mol. The van der Waals surface area contributed by atoms with Gasteiger partial charge in [0.1, 0.15) is 6.07 Å². The van der Waals surface area contributed by atoms with Gasteiger partial charge in [-0.15, -0.1) is 0 Å². The lowest BCUT2D eigenvalue weighted by Gasteiger charge is -2.16. The first-order valence-corrected chi connectivity index (χ1v) is 6.92. The quantitative estimate of drug-likeness (QED) is 0.878. The summed E-state index contributed by atoms with van der Waals surface area (Å²) >= 11 is 3.41. The number of rotatable bonds is 5. The molecule has 2 rings (SSSR count). The zero-order valence-corrected chi connectivity index (χ0v) is 11.7. The summed E-state index contributed by atoms with van der Waals surface area (Å²) in [5, 5.41) is 12.6. The molecule has 0 aliphatic heterocycles. The van der Waals surface area contributed by atoms with Crippen LogP contribution in [-0.2, 0) is 0 Å². The van der Waals surface area contributed by atoms with Crippen LogP contribution in [0.4, 0.5) is 5.69 Å². The van der Waals surface area contributed by atoms with Crippen LogP contribution < -0.4 is 5.32 Å². The molecule has 0 spiro atoms. The fraction of sp³-hybridized carbons (Fsp3) is 0.500. The Kier molecular flexibility index (Phi) is 3.73. The standard InChI is InChI=1S/C14H17BrN2/c1-2-6-14(7-8-14)10-17-13-5-3-4-12(15)11(13)9-16/h3-5,17H,2,6-8,10H2,1H3. The third-order valence-electron chi connectivity index (χ3n) is 3.52. The number of halogens is 1. The zero-order chi connectivity index (χ0) is 12.3. The number of benzene rings is 1. The SMILES string of the molecule is CCCC1(CNc2cccc(Br)c2C#N)CC1. The van der Waals surface area contributed by atoms with Crippen molar-refractivity contribution in [2.24, 2.45) is 5.41 Å². The van der Waals surface area contributed by atoms with Crippen molar-refractivity contribution in [2.75, 3.05) is 11.9 Å². The van der Waals surface area contributed by atoms with Gasteiger partial charge in [0.15, 0.2) is 0 Å². The molecule has 90 valence electrons. The first-order chi connectivity index (χ1) is 8.21. The molecule has 1 aliphatic rings. The van der Waals surface area contributed by atoms with Crippen molar-refractivity contribution in [3.63, 3.8) is 0 Å². The average molecular weight is 293 g/mol. The summed E-state index contributed by atoms with van der Waals surface area (Å²) in [6.07, 6.45) is 5.18. The normalized spacial score (nSPS) is 16.3. The molecule has 3 heteroatoms. The van der Waals surface area contributed by atoms with Gasteiger partial charge in [-0.3, -0.25) is 0 Å². The lowest BCUT2D eigenvalue weighted by atomic mass is 10.0. The summed E-state index contributed by atoms with van der Waals surface area (Å²) in [7, 11) is 0. The number of nitrogens with one attached hydrogen (secondary N) is 1. The van der Waals surface area contributed by atoms with Crippen molar-refractivity contribution in [2.45, 2.75) is 32.6 Å². The van der Waals surface area contributed by atoms with E-state index in [1.807, 2.05) is 18.2 Å². The maximum absolute atomic E-state index is 9.13. The van der Waals surface area contributed by atoms with Crippen molar-refractivity contribution in [1.29, 1.82) is 5.26 Å². The number of nitrogens with zero attached hydrogens (tertiary/aromatic N) is 1. The van der Waals surface area contributed by atoms with Gasteiger partial charge in [-0.2, -0.15) is 5.26 Å². The fourth-order valence-electron chi connectivity index (χ4n) is 2.29. The predicted octanol–water partition coefficient (Wildman–Crippen LogP) is 4.31. The second-order valence-electron chi connectivity index (χ2n) is 4.88. The third kappa shape index (κ3) is 2.81. The smallest absolute Gasteiger partial charge is 0.103 e. The average Bonchev–Trinajstić information content (AvgIpc) is 3.07. The Bertz CT molecular complexity index is 444. The van der Waals surface area contributed by atoms with Gasteiger partial charge in [0.05, 0.1) is 11.3 Å². The molecule has 17 heavy (non-hydrogen) atoms. The largest absolute Gasteiger partial charge is 0.383 e. The van der Waals surface area contributed by atoms with E-state index in [0.29, 0.717) is 11.0 Å². The number of hydrogen-bond acceptors (Lipinski definition) is 2. The first-order valence-electron chi connectivity index (χ1n) is 6.13. The highest BCUT2D eigenvalue weighted by molar-refractivity contribution is 9.10. The molecule has 1 saturated carbocycles. The molecule has 2 nitrogen and oxygen atoms in total. The number of nitriles is 1. The summed E-state index contributed by atoms with van der Waals surface area (Å²) in [6.45, 7) is 3.23. The van der Waals surface area contributed by atoms with Gasteiger partial charge in [-0.25, -0.2) is 0 Å². The van der Waals surface area contributed by atoms with Crippen molar-refractivity contribution in [3.8, 4) is 6.07 Å². The Balaban J connectivity index is 2.05. The minimum Gasteiger partial charge on any atom is -0.383 e. The van der Waals surface area contributed by atoms with Gasteiger partial charge in [0.25, 0.3) is 0 Å². The van der Waals surface area contributed by atoms with Crippen LogP contribution >= 0.6 is 15.9 Å². The van der Waals surface area contributed by atoms with E-state index in [1.165, 1.54) is 25.7 Å². The van der Waals surface area contributed by atoms with Crippen LogP contribution in [0.15, 0.2) is 22.7 Å². The monoisotopic (exact) mass is 292 g/mol. The molecule has 0 bridgehead atoms. The van der Waals surface area contributed by atoms with Crippen LogP contribution in [0.3, 0.4) is 0 Å². The van der Waals surface area contributed by atoms with Crippen LogP contribution in [-0.4, -0.2) is 6.54 Å². The summed E-state index contributed by atoms with van der Waals surface area (Å²) in [5.41, 5.74) is 2.16. The molecule has 1 aliphatic carbocycles. The topological polar surface area (TPSA) is 35.8 Å². The molecule has 0 amide bonds. The highest BCUT2D eigenvalue weighted by Crippen LogP contribution is 2.49. The molecular formula is C14H17BrN2. The molecule has 1 fully saturated rings. The van der Waals surface area contributed by atoms with Gasteiger partial charge >= 0.3 is 0 Å². The van der Waals surface area contributed by atoms with Crippen molar-refractivity contribution in [3.05, 3.63) is 28.2 Å². The second kappa shape index (κ2) is 5.10. The van der Waals surface area contributed by atoms with E-state index in [-0.39, 0.29) is 0 Å². The minimum atomic E-state index is 0.504. The number of hydrogen-bond donors (Lipinski definition) is 1. The maximum Gasteiger partial charge on any atom is 0.103 e. The maximum atomic E-state index is 9.13. The van der Waals surface area contributed by atoms with E-state index >= 15 is 0 Å². The zero-order valence-electron chi connectivity index (χ0n) is 10.1. The Morgan fingerprint density at radius 2 is 2.24 bits per heavy atom. The van der Waals surface area contributed by atoms with E-state index in [1.54, 1.807) is 0 Å². The van der Waals surface area contributed by atoms with Crippen molar-refractivity contribution >= 4 is 21.6 Å². The van der Waals surface area contributed by atoms with E-state index in [0.717, 1.165) is 16.7 Å². The Morgan fingerprint density at radius 1 is 1.47 bits per heavy atom. The molecule has 0 atom stereocenters. The van der Waals surface area contributed by atoms with Gasteiger partial charge in [0, 0.05) is 11.0 Å². The van der Waals surface area contributed by atoms with Crippen LogP contribution in [0, 0.1) is 16.7 Å². The lowest BCUT2D eigenvalue weighted by Crippen LogP contribution is -2.15. The lowest BCUT2D eigenvalue weighted by molar-refractivity contribution is 0.485. The highest BCUT2D eigenvalue weighted by Gasteiger charge is 2.41. The summed E-state index contributed by atoms with van der Waals surface area (Å²) < 4.78 is 0.866.